The summed E-state index contributed by atoms with van der Waals surface area (Å²) in [4.78, 5) is 23.3. The number of hydrogen-bond acceptors (Lipinski definition) is 3. The number of hydrogen-bond donors (Lipinski definition) is 3. The van der Waals surface area contributed by atoms with E-state index >= 15 is 0 Å². The van der Waals surface area contributed by atoms with Gasteiger partial charge in [-0.25, -0.2) is 0 Å². The molecule has 5 nitrogen and oxygen atoms in total. The molecule has 0 aliphatic rings. The molecule has 1 aromatic carbocycles. The number of amides is 1. The van der Waals surface area contributed by atoms with Gasteiger partial charge in [-0.2, -0.15) is 0 Å². The maximum atomic E-state index is 12.0. The van der Waals surface area contributed by atoms with Crippen molar-refractivity contribution in [3.05, 3.63) is 35.9 Å². The molecule has 0 aliphatic heterocycles. The van der Waals surface area contributed by atoms with Crippen molar-refractivity contribution >= 4 is 11.9 Å². The second-order valence-corrected chi connectivity index (χ2v) is 6.43. The van der Waals surface area contributed by atoms with Crippen molar-refractivity contribution in [2.24, 2.45) is 17.1 Å². The van der Waals surface area contributed by atoms with Gasteiger partial charge in [-0.15, -0.1) is 0 Å². The number of carboxylic acid groups (broad SMARTS) is 1. The van der Waals surface area contributed by atoms with E-state index in [2.05, 4.69) is 5.32 Å². The minimum Gasteiger partial charge on any atom is -0.481 e. The summed E-state index contributed by atoms with van der Waals surface area (Å²) < 4.78 is 0. The summed E-state index contributed by atoms with van der Waals surface area (Å²) in [5.74, 6) is -1.88. The first-order valence-electron chi connectivity index (χ1n) is 7.02. The standard InChI is InChI=1S/C16H24N2O3/c1-16(2,3)9-12(15(20)21)10-18-14(19)13(17)11-7-5-4-6-8-11/h4-8,12-13H,9-10,17H2,1-3H3,(H,18,19)(H,20,21)/t12?,13-/m0/s1. The van der Waals surface area contributed by atoms with Crippen molar-refractivity contribution in [1.29, 1.82) is 0 Å². The number of carbonyl (C=O) groups is 2. The van der Waals surface area contributed by atoms with Crippen LogP contribution in [0.15, 0.2) is 30.3 Å². The maximum absolute atomic E-state index is 12.0. The molecular weight excluding hydrogens is 268 g/mol. The minimum absolute atomic E-state index is 0.0893. The Labute approximate surface area is 125 Å². The highest BCUT2D eigenvalue weighted by atomic mass is 16.4. The van der Waals surface area contributed by atoms with E-state index in [1.54, 1.807) is 12.1 Å². The Kier molecular flexibility index (Phi) is 5.90. The van der Waals surface area contributed by atoms with Gasteiger partial charge in [-0.05, 0) is 17.4 Å². The molecule has 1 aromatic rings. The number of rotatable bonds is 6. The van der Waals surface area contributed by atoms with Gasteiger partial charge in [0.25, 0.3) is 0 Å². The molecule has 21 heavy (non-hydrogen) atoms. The Morgan fingerprint density at radius 2 is 1.81 bits per heavy atom. The number of carboxylic acids is 1. The van der Waals surface area contributed by atoms with Gasteiger partial charge in [0.1, 0.15) is 6.04 Å². The monoisotopic (exact) mass is 292 g/mol. The third-order valence-electron chi connectivity index (χ3n) is 3.17. The summed E-state index contributed by atoms with van der Waals surface area (Å²) in [5, 5.41) is 11.9. The van der Waals surface area contributed by atoms with Gasteiger partial charge < -0.3 is 16.2 Å². The Bertz CT molecular complexity index is 480. The molecule has 1 amide bonds. The van der Waals surface area contributed by atoms with Crippen LogP contribution >= 0.6 is 0 Å². The lowest BCUT2D eigenvalue weighted by Crippen LogP contribution is -2.39. The van der Waals surface area contributed by atoms with E-state index in [9.17, 15) is 14.7 Å². The molecule has 0 saturated carbocycles. The van der Waals surface area contributed by atoms with Crippen molar-refractivity contribution in [2.75, 3.05) is 6.54 Å². The molecule has 0 fully saturated rings. The highest BCUT2D eigenvalue weighted by molar-refractivity contribution is 5.83. The van der Waals surface area contributed by atoms with Gasteiger partial charge in [0, 0.05) is 6.54 Å². The Morgan fingerprint density at radius 3 is 2.29 bits per heavy atom. The molecular formula is C16H24N2O3. The summed E-state index contributed by atoms with van der Waals surface area (Å²) in [5.41, 5.74) is 6.46. The van der Waals surface area contributed by atoms with Crippen LogP contribution in [0.1, 0.15) is 38.8 Å². The van der Waals surface area contributed by atoms with Crippen LogP contribution in [0.25, 0.3) is 0 Å². The second-order valence-electron chi connectivity index (χ2n) is 6.43. The molecule has 4 N–H and O–H groups in total. The molecule has 116 valence electrons. The summed E-state index contributed by atoms with van der Waals surface area (Å²) in [6.07, 6.45) is 0.489. The van der Waals surface area contributed by atoms with Gasteiger partial charge in [-0.3, -0.25) is 9.59 Å². The van der Waals surface area contributed by atoms with E-state index < -0.39 is 17.9 Å². The molecule has 0 radical (unpaired) electrons. The third kappa shape index (κ3) is 5.95. The predicted molar refractivity (Wildman–Crippen MR) is 81.6 cm³/mol. The van der Waals surface area contributed by atoms with Crippen LogP contribution in [0.4, 0.5) is 0 Å². The van der Waals surface area contributed by atoms with Crippen LogP contribution < -0.4 is 11.1 Å². The molecule has 0 spiro atoms. The molecule has 0 aromatic heterocycles. The van der Waals surface area contributed by atoms with Crippen molar-refractivity contribution in [3.8, 4) is 0 Å². The zero-order chi connectivity index (χ0) is 16.0. The molecule has 2 atom stereocenters. The SMILES string of the molecule is CC(C)(C)CC(CNC(=O)[C@@H](N)c1ccccc1)C(=O)O. The quantitative estimate of drug-likeness (QED) is 0.747. The topological polar surface area (TPSA) is 92.4 Å². The fraction of sp³-hybridized carbons (Fsp3) is 0.500. The predicted octanol–water partition coefficient (Wildman–Crippen LogP) is 1.94. The van der Waals surface area contributed by atoms with Crippen LogP contribution in [0.2, 0.25) is 0 Å². The van der Waals surface area contributed by atoms with Crippen LogP contribution in [0, 0.1) is 11.3 Å². The highest BCUT2D eigenvalue weighted by Gasteiger charge is 2.26. The molecule has 0 aliphatic carbocycles. The number of carbonyl (C=O) groups excluding carboxylic acids is 1. The van der Waals surface area contributed by atoms with Gasteiger partial charge >= 0.3 is 5.97 Å². The van der Waals surface area contributed by atoms with Crippen LogP contribution in [-0.2, 0) is 9.59 Å². The first-order chi connectivity index (χ1) is 9.70. The summed E-state index contributed by atoms with van der Waals surface area (Å²) in [6.45, 7) is 6.01. The Balaban J connectivity index is 2.59. The van der Waals surface area contributed by atoms with Gasteiger partial charge in [0.15, 0.2) is 0 Å². The normalized spacial score (nSPS) is 14.3. The van der Waals surface area contributed by atoms with E-state index in [1.165, 1.54) is 0 Å². The molecule has 0 saturated heterocycles. The summed E-state index contributed by atoms with van der Waals surface area (Å²) in [6, 6.07) is 8.22. The minimum atomic E-state index is -0.904. The van der Waals surface area contributed by atoms with E-state index in [0.717, 1.165) is 0 Å². The molecule has 1 rings (SSSR count). The lowest BCUT2D eigenvalue weighted by atomic mass is 9.84. The lowest BCUT2D eigenvalue weighted by molar-refractivity contribution is -0.142. The lowest BCUT2D eigenvalue weighted by Gasteiger charge is -2.24. The van der Waals surface area contributed by atoms with E-state index in [-0.39, 0.29) is 17.9 Å². The van der Waals surface area contributed by atoms with E-state index in [4.69, 9.17) is 5.73 Å². The van der Waals surface area contributed by atoms with Crippen LogP contribution in [0.5, 0.6) is 0 Å². The molecule has 0 bridgehead atoms. The molecule has 1 unspecified atom stereocenters. The van der Waals surface area contributed by atoms with Crippen molar-refractivity contribution in [2.45, 2.75) is 33.2 Å². The Morgan fingerprint density at radius 1 is 1.24 bits per heavy atom. The number of nitrogens with two attached hydrogens (primary N) is 1. The van der Waals surface area contributed by atoms with Crippen LogP contribution in [-0.4, -0.2) is 23.5 Å². The maximum Gasteiger partial charge on any atom is 0.308 e. The first-order valence-corrected chi connectivity index (χ1v) is 7.02. The average molecular weight is 292 g/mol. The average Bonchev–Trinajstić information content (AvgIpc) is 2.41. The summed E-state index contributed by atoms with van der Waals surface area (Å²) >= 11 is 0. The smallest absolute Gasteiger partial charge is 0.308 e. The van der Waals surface area contributed by atoms with Crippen molar-refractivity contribution in [1.82, 2.24) is 5.32 Å². The number of benzene rings is 1. The Hall–Kier alpha value is -1.88. The zero-order valence-corrected chi connectivity index (χ0v) is 12.8. The fourth-order valence-electron chi connectivity index (χ4n) is 2.13. The van der Waals surface area contributed by atoms with Gasteiger partial charge in [-0.1, -0.05) is 51.1 Å². The second kappa shape index (κ2) is 7.22. The third-order valence-corrected chi connectivity index (χ3v) is 3.17. The van der Waals surface area contributed by atoms with E-state index in [0.29, 0.717) is 12.0 Å². The van der Waals surface area contributed by atoms with Crippen LogP contribution in [0.3, 0.4) is 0 Å². The molecule has 0 heterocycles. The molecule has 5 heteroatoms. The largest absolute Gasteiger partial charge is 0.481 e. The van der Waals surface area contributed by atoms with Crippen molar-refractivity contribution < 1.29 is 14.7 Å². The number of aliphatic carboxylic acids is 1. The van der Waals surface area contributed by atoms with E-state index in [1.807, 2.05) is 39.0 Å². The summed E-state index contributed by atoms with van der Waals surface area (Å²) in [7, 11) is 0. The number of nitrogens with one attached hydrogen (secondary N) is 1. The zero-order valence-electron chi connectivity index (χ0n) is 12.8. The van der Waals surface area contributed by atoms with Gasteiger partial charge in [0.05, 0.1) is 5.92 Å². The van der Waals surface area contributed by atoms with Gasteiger partial charge in [0.2, 0.25) is 5.91 Å². The fourth-order valence-corrected chi connectivity index (χ4v) is 2.13. The first kappa shape index (κ1) is 17.2. The highest BCUT2D eigenvalue weighted by Crippen LogP contribution is 2.24. The van der Waals surface area contributed by atoms with Crippen molar-refractivity contribution in [3.63, 3.8) is 0 Å².